The molecule has 0 saturated carbocycles. The van der Waals surface area contributed by atoms with Crippen molar-refractivity contribution in [1.82, 2.24) is 29.1 Å². The van der Waals surface area contributed by atoms with Gasteiger partial charge in [0.05, 0.1) is 27.6 Å². The fraction of sp³-hybridized carbons (Fsp3) is 0. The number of para-hydroxylation sites is 3. The smallest absolute Gasteiger partial charge is 0.174 e. The summed E-state index contributed by atoms with van der Waals surface area (Å²) in [5.74, 6) is 1.73. The summed E-state index contributed by atoms with van der Waals surface area (Å²) in [7, 11) is 0. The third-order valence-corrected chi connectivity index (χ3v) is 10.4. The first-order valence-electron chi connectivity index (χ1n) is 18.2. The van der Waals surface area contributed by atoms with Gasteiger partial charge >= 0.3 is 0 Å². The van der Waals surface area contributed by atoms with Crippen molar-refractivity contribution < 1.29 is 4.39 Å². The van der Waals surface area contributed by atoms with Gasteiger partial charge < -0.3 is 4.57 Å². The number of nitrogens with zero attached hydrogens (tertiary/aromatic N) is 6. The molecular formula is C48H29FN6. The summed E-state index contributed by atoms with van der Waals surface area (Å²) < 4.78 is 20.4. The van der Waals surface area contributed by atoms with Gasteiger partial charge in [0.1, 0.15) is 0 Å². The van der Waals surface area contributed by atoms with Crippen molar-refractivity contribution in [3.8, 4) is 45.7 Å². The number of pyridine rings is 1. The largest absolute Gasteiger partial charge is 0.309 e. The fourth-order valence-electron chi connectivity index (χ4n) is 7.94. The zero-order valence-electron chi connectivity index (χ0n) is 29.3. The minimum absolute atomic E-state index is 0.276. The van der Waals surface area contributed by atoms with Crippen molar-refractivity contribution in [3.63, 3.8) is 0 Å². The van der Waals surface area contributed by atoms with Crippen molar-refractivity contribution in [2.24, 2.45) is 0 Å². The predicted molar refractivity (Wildman–Crippen MR) is 220 cm³/mol. The van der Waals surface area contributed by atoms with Crippen LogP contribution >= 0.6 is 0 Å². The second kappa shape index (κ2) is 12.3. The standard InChI is InChI=1S/C48H29FN6/c49-38-29-33-17-7-10-20-39(33)50-48(38)55-41-22-12-9-19-37(41)43-42(55)28-27-36-35-18-8-11-21-40(35)54(44(36)43)34-25-23-32(24-26-34)47-52-45(30-13-3-1-4-14-30)51-46(53-47)31-15-5-2-6-16-31/h1-29H. The van der Waals surface area contributed by atoms with Crippen LogP contribution in [-0.4, -0.2) is 29.1 Å². The van der Waals surface area contributed by atoms with Crippen molar-refractivity contribution in [2.45, 2.75) is 0 Å². The van der Waals surface area contributed by atoms with Crippen LogP contribution in [0, 0.1) is 5.82 Å². The van der Waals surface area contributed by atoms with Gasteiger partial charge in [-0.05, 0) is 54.6 Å². The molecule has 0 radical (unpaired) electrons. The Labute approximate surface area is 314 Å². The van der Waals surface area contributed by atoms with E-state index in [0.717, 1.165) is 76.9 Å². The summed E-state index contributed by atoms with van der Waals surface area (Å²) in [4.78, 5) is 19.7. The minimum Gasteiger partial charge on any atom is -0.309 e. The average molecular weight is 709 g/mol. The first-order chi connectivity index (χ1) is 27.2. The highest BCUT2D eigenvalue weighted by molar-refractivity contribution is 6.26. The molecule has 0 saturated heterocycles. The van der Waals surface area contributed by atoms with Crippen molar-refractivity contribution >= 4 is 54.5 Å². The molecule has 11 rings (SSSR count). The van der Waals surface area contributed by atoms with Gasteiger partial charge in [0, 0.05) is 49.3 Å². The number of halogens is 1. The molecule has 0 spiro atoms. The van der Waals surface area contributed by atoms with Gasteiger partial charge in [-0.25, -0.2) is 24.3 Å². The van der Waals surface area contributed by atoms with Gasteiger partial charge in [-0.3, -0.25) is 4.57 Å². The van der Waals surface area contributed by atoms with Crippen LogP contribution in [0.5, 0.6) is 0 Å². The van der Waals surface area contributed by atoms with E-state index in [1.807, 2.05) is 108 Å². The number of rotatable bonds is 5. The monoisotopic (exact) mass is 708 g/mol. The zero-order chi connectivity index (χ0) is 36.5. The highest BCUT2D eigenvalue weighted by atomic mass is 19.1. The van der Waals surface area contributed by atoms with Crippen LogP contribution < -0.4 is 0 Å². The van der Waals surface area contributed by atoms with E-state index in [-0.39, 0.29) is 11.6 Å². The van der Waals surface area contributed by atoms with Crippen LogP contribution in [0.3, 0.4) is 0 Å². The Bertz CT molecular complexity index is 3200. The predicted octanol–water partition coefficient (Wildman–Crippen LogP) is 11.8. The van der Waals surface area contributed by atoms with Crippen LogP contribution in [0.1, 0.15) is 0 Å². The van der Waals surface area contributed by atoms with Gasteiger partial charge in [0.15, 0.2) is 29.1 Å². The van der Waals surface area contributed by atoms with Gasteiger partial charge in [-0.2, -0.15) is 0 Å². The van der Waals surface area contributed by atoms with E-state index in [0.29, 0.717) is 17.5 Å². The number of aromatic nitrogens is 6. The maximum atomic E-state index is 16.1. The summed E-state index contributed by atoms with van der Waals surface area (Å²) in [6.07, 6.45) is 0. The summed E-state index contributed by atoms with van der Waals surface area (Å²) in [6, 6.07) is 58.5. The van der Waals surface area contributed by atoms with E-state index in [1.165, 1.54) is 0 Å². The third-order valence-electron chi connectivity index (χ3n) is 10.4. The van der Waals surface area contributed by atoms with E-state index < -0.39 is 0 Å². The first-order valence-corrected chi connectivity index (χ1v) is 18.2. The number of benzene rings is 7. The molecule has 0 fully saturated rings. The molecule has 0 aliphatic rings. The van der Waals surface area contributed by atoms with E-state index in [9.17, 15) is 0 Å². The zero-order valence-corrected chi connectivity index (χ0v) is 29.3. The van der Waals surface area contributed by atoms with Crippen LogP contribution in [0.25, 0.3) is 100 Å². The lowest BCUT2D eigenvalue weighted by Crippen LogP contribution is -2.02. The van der Waals surface area contributed by atoms with Crippen LogP contribution in [0.2, 0.25) is 0 Å². The molecule has 0 atom stereocenters. The Morgan fingerprint density at radius 2 is 0.945 bits per heavy atom. The number of hydrogen-bond acceptors (Lipinski definition) is 4. The quantitative estimate of drug-likeness (QED) is 0.179. The highest BCUT2D eigenvalue weighted by Crippen LogP contribution is 2.42. The summed E-state index contributed by atoms with van der Waals surface area (Å²) in [6.45, 7) is 0. The maximum Gasteiger partial charge on any atom is 0.174 e. The van der Waals surface area contributed by atoms with E-state index in [4.69, 9.17) is 19.9 Å². The van der Waals surface area contributed by atoms with Crippen LogP contribution in [-0.2, 0) is 0 Å². The summed E-state index contributed by atoms with van der Waals surface area (Å²) in [5.41, 5.74) is 8.32. The molecule has 0 bridgehead atoms. The van der Waals surface area contributed by atoms with E-state index in [1.54, 1.807) is 6.07 Å². The lowest BCUT2D eigenvalue weighted by atomic mass is 10.1. The highest BCUT2D eigenvalue weighted by Gasteiger charge is 2.23. The number of hydrogen-bond donors (Lipinski definition) is 0. The molecule has 0 amide bonds. The molecule has 11 aromatic rings. The molecule has 55 heavy (non-hydrogen) atoms. The topological polar surface area (TPSA) is 61.4 Å². The molecule has 7 heteroatoms. The second-order valence-electron chi connectivity index (χ2n) is 13.6. The SMILES string of the molecule is Fc1cc2ccccc2nc1-n1c2ccccc2c2c1ccc1c3ccccc3n(-c3ccc(-c4nc(-c5ccccc5)nc(-c5ccccc5)n4)cc3)c12. The Balaban J connectivity index is 1.14. The lowest BCUT2D eigenvalue weighted by Gasteiger charge is -2.12. The molecule has 0 unspecified atom stereocenters. The molecule has 0 aliphatic heterocycles. The Hall–Kier alpha value is -7.51. The number of fused-ring (bicyclic) bond motifs is 8. The molecular weight excluding hydrogens is 680 g/mol. The molecule has 4 heterocycles. The molecule has 0 aliphatic carbocycles. The third kappa shape index (κ3) is 4.94. The first kappa shape index (κ1) is 31.1. The molecule has 4 aromatic heterocycles. The normalized spacial score (nSPS) is 11.7. The average Bonchev–Trinajstić information content (AvgIpc) is 3.77. The van der Waals surface area contributed by atoms with Gasteiger partial charge in [-0.1, -0.05) is 121 Å². The van der Waals surface area contributed by atoms with Crippen LogP contribution in [0.15, 0.2) is 176 Å². The Kier molecular flexibility index (Phi) is 6.94. The van der Waals surface area contributed by atoms with Gasteiger partial charge in [0.2, 0.25) is 0 Å². The van der Waals surface area contributed by atoms with Gasteiger partial charge in [-0.15, -0.1) is 0 Å². The summed E-state index contributed by atoms with van der Waals surface area (Å²) in [5, 5.41) is 5.05. The van der Waals surface area contributed by atoms with E-state index >= 15 is 4.39 Å². The minimum atomic E-state index is -0.373. The van der Waals surface area contributed by atoms with Crippen LogP contribution in [0.4, 0.5) is 4.39 Å². The molecule has 7 aromatic carbocycles. The fourth-order valence-corrected chi connectivity index (χ4v) is 7.94. The Morgan fingerprint density at radius 1 is 0.400 bits per heavy atom. The van der Waals surface area contributed by atoms with Crippen molar-refractivity contribution in [2.75, 3.05) is 0 Å². The maximum absolute atomic E-state index is 16.1. The lowest BCUT2D eigenvalue weighted by molar-refractivity contribution is 0.616. The Morgan fingerprint density at radius 3 is 1.62 bits per heavy atom. The second-order valence-corrected chi connectivity index (χ2v) is 13.6. The molecule has 0 N–H and O–H groups in total. The van der Waals surface area contributed by atoms with Gasteiger partial charge in [0.25, 0.3) is 0 Å². The molecule has 258 valence electrons. The van der Waals surface area contributed by atoms with Crippen molar-refractivity contribution in [1.29, 1.82) is 0 Å². The van der Waals surface area contributed by atoms with Crippen molar-refractivity contribution in [3.05, 3.63) is 182 Å². The summed E-state index contributed by atoms with van der Waals surface area (Å²) >= 11 is 0. The molecule has 6 nitrogen and oxygen atoms in total. The van der Waals surface area contributed by atoms with E-state index in [2.05, 4.69) is 71.3 Å².